The van der Waals surface area contributed by atoms with Crippen molar-refractivity contribution < 1.29 is 37.4 Å². The van der Waals surface area contributed by atoms with Crippen LogP contribution in [0.4, 0.5) is 0 Å². The largest absolute Gasteiger partial charge is 0.497 e. The Kier molecular flexibility index (Phi) is 10.3. The minimum Gasteiger partial charge on any atom is -0.497 e. The van der Waals surface area contributed by atoms with Gasteiger partial charge in [-0.25, -0.2) is 8.42 Å². The molecule has 13 heteroatoms. The zero-order chi connectivity index (χ0) is 29.4. The summed E-state index contributed by atoms with van der Waals surface area (Å²) in [6.45, 7) is 0.984. The first kappa shape index (κ1) is 30.4. The molecule has 41 heavy (non-hydrogen) atoms. The number of hydrogen-bond acceptors (Lipinski definition) is 10. The molecule has 1 fully saturated rings. The molecule has 2 heterocycles. The molecule has 0 aliphatic carbocycles. The van der Waals surface area contributed by atoms with E-state index in [0.717, 1.165) is 17.4 Å². The summed E-state index contributed by atoms with van der Waals surface area (Å²) < 4.78 is 35.0. The number of amides is 2. The van der Waals surface area contributed by atoms with E-state index in [-0.39, 0.29) is 24.6 Å². The maximum absolute atomic E-state index is 13.4. The summed E-state index contributed by atoms with van der Waals surface area (Å²) >= 11 is 0. The van der Waals surface area contributed by atoms with E-state index >= 15 is 0 Å². The number of hydrogen-bond donors (Lipinski definition) is 4. The number of nitrogens with one attached hydrogen (secondary N) is 3. The van der Waals surface area contributed by atoms with Crippen molar-refractivity contribution >= 4 is 27.4 Å². The summed E-state index contributed by atoms with van der Waals surface area (Å²) in [6.07, 6.45) is 0.0788. The van der Waals surface area contributed by atoms with Crippen molar-refractivity contribution in [3.63, 3.8) is 0 Å². The summed E-state index contributed by atoms with van der Waals surface area (Å²) in [5, 5.41) is 23.4. The van der Waals surface area contributed by atoms with Gasteiger partial charge in [-0.3, -0.25) is 9.59 Å². The third kappa shape index (κ3) is 8.73. The lowest BCUT2D eigenvalue weighted by atomic mass is 10.00. The van der Waals surface area contributed by atoms with Crippen LogP contribution in [0.1, 0.15) is 17.5 Å². The van der Waals surface area contributed by atoms with Crippen LogP contribution in [0.15, 0.2) is 59.8 Å². The number of nitrogens with zero attached hydrogens (tertiary/aromatic N) is 1. The van der Waals surface area contributed by atoms with E-state index < -0.39 is 51.9 Å². The molecule has 0 aromatic heterocycles. The molecule has 0 spiro atoms. The Morgan fingerprint density at radius 3 is 2.61 bits per heavy atom. The molecule has 0 unspecified atom stereocenters. The Morgan fingerprint density at radius 2 is 1.88 bits per heavy atom. The third-order valence-corrected chi connectivity index (χ3v) is 7.82. The number of methoxy groups -OCH3 is 1. The molecule has 2 aromatic carbocycles. The van der Waals surface area contributed by atoms with Crippen LogP contribution in [0.3, 0.4) is 0 Å². The number of aliphatic hydroxyl groups is 1. The van der Waals surface area contributed by atoms with Gasteiger partial charge in [0.05, 0.1) is 37.5 Å². The molecule has 4 N–H and O–H groups in total. The maximum Gasteiger partial charge on any atom is 0.270 e. The molecule has 2 amide bonds. The maximum atomic E-state index is 13.4. The van der Waals surface area contributed by atoms with Gasteiger partial charge >= 0.3 is 0 Å². The normalized spacial score (nSPS) is 20.2. The summed E-state index contributed by atoms with van der Waals surface area (Å²) in [6, 6.07) is 14.6. The monoisotopic (exact) mass is 588 g/mol. The minimum absolute atomic E-state index is 0.0569. The first-order valence-corrected chi connectivity index (χ1v) is 15.4. The van der Waals surface area contributed by atoms with Crippen LogP contribution >= 0.6 is 0 Å². The Morgan fingerprint density at radius 1 is 1.12 bits per heavy atom. The predicted molar refractivity (Wildman–Crippen MR) is 151 cm³/mol. The zero-order valence-corrected chi connectivity index (χ0v) is 23.8. The molecular formula is C28H36N4O8S. The van der Waals surface area contributed by atoms with Gasteiger partial charge in [0.15, 0.2) is 5.71 Å². The van der Waals surface area contributed by atoms with Gasteiger partial charge in [0, 0.05) is 19.3 Å². The molecule has 0 saturated carbocycles. The molecule has 0 bridgehead atoms. The summed E-state index contributed by atoms with van der Waals surface area (Å²) in [7, 11) is -2.09. The van der Waals surface area contributed by atoms with Crippen molar-refractivity contribution in [3.8, 4) is 5.75 Å². The van der Waals surface area contributed by atoms with E-state index in [2.05, 4.69) is 21.1 Å². The standard InChI is InChI=1S/C28H36N4O8S/c1-38-20-10-6-9-19(13-20)15-29-16-24(33)22(14-18-7-4-3-5-8-18)30-26(34)23(17-41(2,36)37)31-27(35)25-21-11-12-39-28(21)40-32-25/h3-10,13,21-24,28-29,33H,11-12,14-17H2,1-2H3,(H,30,34)(H,31,35)/t21-,22+,23+,24-,28+/m1/s1. The third-order valence-electron chi connectivity index (χ3n) is 6.88. The molecule has 1 saturated heterocycles. The molecule has 5 atom stereocenters. The number of carbonyl (C=O) groups excluding carboxylic acids is 2. The van der Waals surface area contributed by atoms with Gasteiger partial charge in [0.1, 0.15) is 21.6 Å². The van der Waals surface area contributed by atoms with Crippen LogP contribution in [0.25, 0.3) is 0 Å². The van der Waals surface area contributed by atoms with Crippen LogP contribution in [0.5, 0.6) is 5.75 Å². The van der Waals surface area contributed by atoms with Gasteiger partial charge in [-0.15, -0.1) is 0 Å². The second kappa shape index (κ2) is 13.9. The molecule has 2 aliphatic rings. The number of ether oxygens (including phenoxy) is 2. The number of fused-ring (bicyclic) bond motifs is 1. The lowest BCUT2D eigenvalue weighted by molar-refractivity contribution is -0.127. The van der Waals surface area contributed by atoms with E-state index in [9.17, 15) is 23.1 Å². The van der Waals surface area contributed by atoms with Gasteiger partial charge in [0.2, 0.25) is 12.2 Å². The number of carbonyl (C=O) groups is 2. The Balaban J connectivity index is 1.45. The van der Waals surface area contributed by atoms with Gasteiger partial charge in [-0.2, -0.15) is 0 Å². The van der Waals surface area contributed by atoms with Crippen molar-refractivity contribution in [1.82, 2.24) is 16.0 Å². The van der Waals surface area contributed by atoms with E-state index in [0.29, 0.717) is 25.3 Å². The smallest absolute Gasteiger partial charge is 0.270 e. The highest BCUT2D eigenvalue weighted by Gasteiger charge is 2.43. The van der Waals surface area contributed by atoms with Crippen LogP contribution in [-0.4, -0.2) is 87.8 Å². The highest BCUT2D eigenvalue weighted by molar-refractivity contribution is 7.90. The Bertz CT molecular complexity index is 1340. The molecular weight excluding hydrogens is 552 g/mol. The van der Waals surface area contributed by atoms with Crippen LogP contribution in [-0.2, 0) is 42.0 Å². The number of rotatable bonds is 14. The highest BCUT2D eigenvalue weighted by atomic mass is 32.2. The Labute approximate surface area is 239 Å². The number of aliphatic hydroxyl groups excluding tert-OH is 1. The second-order valence-electron chi connectivity index (χ2n) is 10.2. The van der Waals surface area contributed by atoms with Crippen LogP contribution in [0.2, 0.25) is 0 Å². The lowest BCUT2D eigenvalue weighted by Crippen LogP contribution is -2.57. The van der Waals surface area contributed by atoms with Gasteiger partial charge in [0.25, 0.3) is 5.91 Å². The molecule has 2 aliphatic heterocycles. The Hall–Kier alpha value is -3.52. The van der Waals surface area contributed by atoms with E-state index in [1.807, 2.05) is 54.6 Å². The first-order valence-electron chi connectivity index (χ1n) is 13.3. The summed E-state index contributed by atoms with van der Waals surface area (Å²) in [4.78, 5) is 31.6. The molecule has 0 radical (unpaired) electrons. The first-order chi connectivity index (χ1) is 19.6. The van der Waals surface area contributed by atoms with Crippen molar-refractivity contribution in [2.24, 2.45) is 11.1 Å². The number of benzene rings is 2. The van der Waals surface area contributed by atoms with E-state index in [1.165, 1.54) is 0 Å². The second-order valence-corrected chi connectivity index (χ2v) is 12.4. The minimum atomic E-state index is -3.68. The van der Waals surface area contributed by atoms with E-state index in [1.54, 1.807) is 7.11 Å². The lowest BCUT2D eigenvalue weighted by Gasteiger charge is -2.27. The zero-order valence-electron chi connectivity index (χ0n) is 23.0. The van der Waals surface area contributed by atoms with Crippen molar-refractivity contribution in [2.75, 3.05) is 32.3 Å². The van der Waals surface area contributed by atoms with Gasteiger partial charge in [-0.1, -0.05) is 47.6 Å². The quantitative estimate of drug-likeness (QED) is 0.240. The van der Waals surface area contributed by atoms with Gasteiger partial charge < -0.3 is 35.4 Å². The molecule has 222 valence electrons. The van der Waals surface area contributed by atoms with Gasteiger partial charge in [-0.05, 0) is 36.1 Å². The average Bonchev–Trinajstić information content (AvgIpc) is 3.56. The number of oxime groups is 1. The van der Waals surface area contributed by atoms with E-state index in [4.69, 9.17) is 14.3 Å². The molecule has 4 rings (SSSR count). The SMILES string of the molecule is COc1cccc(CNC[C@@H](O)[C@H](Cc2ccccc2)NC(=O)[C@H](CS(C)(=O)=O)NC(=O)C2=NO[C@@H]3OCC[C@H]23)c1. The average molecular weight is 589 g/mol. The fourth-order valence-corrected chi connectivity index (χ4v) is 5.60. The molecule has 12 nitrogen and oxygen atoms in total. The van der Waals surface area contributed by atoms with Crippen molar-refractivity contribution in [3.05, 3.63) is 65.7 Å². The molecule has 2 aromatic rings. The highest BCUT2D eigenvalue weighted by Crippen LogP contribution is 2.29. The van der Waals surface area contributed by atoms with Crippen LogP contribution < -0.4 is 20.7 Å². The summed E-state index contributed by atoms with van der Waals surface area (Å²) in [5.74, 6) is -1.75. The number of sulfone groups is 1. The van der Waals surface area contributed by atoms with Crippen LogP contribution in [0, 0.1) is 5.92 Å². The summed E-state index contributed by atoms with van der Waals surface area (Å²) in [5.41, 5.74) is 1.87. The fraction of sp³-hybridized carbons (Fsp3) is 0.464. The topological polar surface area (TPSA) is 165 Å². The fourth-order valence-electron chi connectivity index (χ4n) is 4.76. The predicted octanol–water partition coefficient (Wildman–Crippen LogP) is 0.151. The van der Waals surface area contributed by atoms with Crippen molar-refractivity contribution in [1.29, 1.82) is 0 Å². The van der Waals surface area contributed by atoms with Crippen molar-refractivity contribution in [2.45, 2.75) is 43.9 Å².